The minimum Gasteiger partial charge on any atom is -0.546 e. The molecule has 17 heavy (non-hydrogen) atoms. The molecule has 0 aromatic carbocycles. The van der Waals surface area contributed by atoms with Gasteiger partial charge in [0.1, 0.15) is 0 Å². The molecule has 1 atom stereocenters. The van der Waals surface area contributed by atoms with Gasteiger partial charge in [0, 0.05) is 6.42 Å². The Labute approximate surface area is 109 Å². The van der Waals surface area contributed by atoms with Crippen LogP contribution in [0, 0.1) is 11.3 Å². The minimum atomic E-state index is -0.594. The highest BCUT2D eigenvalue weighted by Gasteiger charge is 2.24. The highest BCUT2D eigenvalue weighted by molar-refractivity contribution is 6.48. The maximum absolute atomic E-state index is 6.01. The van der Waals surface area contributed by atoms with E-state index in [0.29, 0.717) is 5.41 Å². The van der Waals surface area contributed by atoms with E-state index in [4.69, 9.17) is 4.43 Å². The van der Waals surface area contributed by atoms with Crippen molar-refractivity contribution < 1.29 is 4.43 Å². The van der Waals surface area contributed by atoms with E-state index < -0.39 is 9.04 Å². The van der Waals surface area contributed by atoms with E-state index in [9.17, 15) is 0 Å². The highest BCUT2D eigenvalue weighted by atomic mass is 28.3. The molecule has 1 aliphatic rings. The van der Waals surface area contributed by atoms with Gasteiger partial charge in [-0.1, -0.05) is 33.6 Å². The summed E-state index contributed by atoms with van der Waals surface area (Å²) in [6.07, 6.45) is 10.2. The Hall–Kier alpha value is -0.243. The van der Waals surface area contributed by atoms with Crippen LogP contribution in [0.15, 0.2) is 11.8 Å². The average Bonchev–Trinajstić information content (AvgIpc) is 2.28. The second-order valence-corrected chi connectivity index (χ2v) is 8.60. The van der Waals surface area contributed by atoms with E-state index in [-0.39, 0.29) is 0 Å². The van der Waals surface area contributed by atoms with Crippen LogP contribution in [0.2, 0.25) is 13.1 Å². The Kier molecular flexibility index (Phi) is 5.77. The molecule has 0 bridgehead atoms. The lowest BCUT2D eigenvalue weighted by Crippen LogP contribution is -2.20. The van der Waals surface area contributed by atoms with Crippen molar-refractivity contribution in [3.8, 4) is 0 Å². The lowest BCUT2D eigenvalue weighted by Gasteiger charge is -2.30. The van der Waals surface area contributed by atoms with E-state index in [2.05, 4.69) is 39.9 Å². The fraction of sp³-hybridized carbons (Fsp3) is 0.867. The molecule has 0 heterocycles. The molecule has 0 aromatic rings. The van der Waals surface area contributed by atoms with Crippen LogP contribution in [0.3, 0.4) is 0 Å². The smallest absolute Gasteiger partial charge is 0.273 e. The molecule has 99 valence electrons. The first-order valence-corrected chi connectivity index (χ1v) is 9.47. The van der Waals surface area contributed by atoms with E-state index in [0.717, 1.165) is 12.3 Å². The van der Waals surface area contributed by atoms with Gasteiger partial charge in [-0.25, -0.2) is 0 Å². The van der Waals surface area contributed by atoms with E-state index in [1.54, 1.807) is 0 Å². The average molecular weight is 253 g/mol. The summed E-state index contributed by atoms with van der Waals surface area (Å²) in [6.45, 7) is 11.6. The maximum atomic E-state index is 6.01. The summed E-state index contributed by atoms with van der Waals surface area (Å²) in [5.74, 6) is 2.09. The van der Waals surface area contributed by atoms with Crippen LogP contribution in [-0.2, 0) is 4.43 Å². The van der Waals surface area contributed by atoms with Gasteiger partial charge < -0.3 is 4.43 Å². The van der Waals surface area contributed by atoms with Crippen LogP contribution in [-0.4, -0.2) is 9.04 Å². The fourth-order valence-electron chi connectivity index (χ4n) is 2.50. The molecule has 1 aliphatic carbocycles. The van der Waals surface area contributed by atoms with Gasteiger partial charge in [0.15, 0.2) is 0 Å². The molecule has 1 radical (unpaired) electrons. The van der Waals surface area contributed by atoms with Crippen molar-refractivity contribution in [1.29, 1.82) is 0 Å². The van der Waals surface area contributed by atoms with Gasteiger partial charge >= 0.3 is 0 Å². The molecular weight excluding hydrogens is 224 g/mol. The molecule has 2 heteroatoms. The van der Waals surface area contributed by atoms with Gasteiger partial charge in [-0.2, -0.15) is 0 Å². The summed E-state index contributed by atoms with van der Waals surface area (Å²) in [5.41, 5.74) is 0.429. The lowest BCUT2D eigenvalue weighted by molar-refractivity contribution is 0.222. The molecule has 0 saturated carbocycles. The lowest BCUT2D eigenvalue weighted by atomic mass is 9.76. The standard InChI is InChI=1S/C15H29OSi/c1-15(2,3)13-9-7-6-8-10-14(12-11-13)16-17(4)5/h12-13H,6-11H2,1-5H3/b14-12+. The first-order chi connectivity index (χ1) is 7.89. The summed E-state index contributed by atoms with van der Waals surface area (Å²) in [4.78, 5) is 0. The van der Waals surface area contributed by atoms with Crippen LogP contribution < -0.4 is 0 Å². The van der Waals surface area contributed by atoms with Gasteiger partial charge in [0.2, 0.25) is 0 Å². The van der Waals surface area contributed by atoms with Crippen molar-refractivity contribution in [2.24, 2.45) is 11.3 Å². The van der Waals surface area contributed by atoms with Crippen molar-refractivity contribution in [3.05, 3.63) is 11.8 Å². The predicted molar refractivity (Wildman–Crippen MR) is 77.3 cm³/mol. The third-order valence-corrected chi connectivity index (χ3v) is 4.34. The Morgan fingerprint density at radius 1 is 1.18 bits per heavy atom. The molecule has 0 aromatic heterocycles. The molecule has 0 fully saturated rings. The van der Waals surface area contributed by atoms with Gasteiger partial charge in [-0.15, -0.1) is 0 Å². The van der Waals surface area contributed by atoms with Crippen LogP contribution in [0.25, 0.3) is 0 Å². The first-order valence-electron chi connectivity index (χ1n) is 7.06. The van der Waals surface area contributed by atoms with Crippen LogP contribution in [0.4, 0.5) is 0 Å². The van der Waals surface area contributed by atoms with Gasteiger partial charge in [-0.3, -0.25) is 0 Å². The van der Waals surface area contributed by atoms with Crippen molar-refractivity contribution >= 4 is 9.04 Å². The molecule has 1 unspecified atom stereocenters. The zero-order chi connectivity index (χ0) is 12.9. The predicted octanol–water partition coefficient (Wildman–Crippen LogP) is 5.15. The van der Waals surface area contributed by atoms with Crippen LogP contribution >= 0.6 is 0 Å². The quantitative estimate of drug-likeness (QED) is 0.618. The van der Waals surface area contributed by atoms with Crippen LogP contribution in [0.1, 0.15) is 59.3 Å². The van der Waals surface area contributed by atoms with Crippen molar-refractivity contribution in [1.82, 2.24) is 0 Å². The second kappa shape index (κ2) is 6.63. The zero-order valence-corrected chi connectivity index (χ0v) is 13.3. The van der Waals surface area contributed by atoms with E-state index in [1.165, 1.54) is 37.9 Å². The first kappa shape index (κ1) is 14.8. The van der Waals surface area contributed by atoms with Gasteiger partial charge in [0.05, 0.1) is 5.76 Å². The highest BCUT2D eigenvalue weighted by Crippen LogP contribution is 2.35. The van der Waals surface area contributed by atoms with Crippen LogP contribution in [0.5, 0.6) is 0 Å². The second-order valence-electron chi connectivity index (χ2n) is 6.58. The monoisotopic (exact) mass is 253 g/mol. The number of hydrogen-bond acceptors (Lipinski definition) is 1. The van der Waals surface area contributed by atoms with E-state index in [1.807, 2.05) is 0 Å². The van der Waals surface area contributed by atoms with Crippen molar-refractivity contribution in [2.75, 3.05) is 0 Å². The summed E-state index contributed by atoms with van der Waals surface area (Å²) in [7, 11) is -0.594. The number of hydrogen-bond donors (Lipinski definition) is 0. The normalized spacial score (nSPS) is 26.7. The SMILES string of the molecule is C[Si](C)O/C1=C/CC(C(C)(C)C)CCCCC1. The Morgan fingerprint density at radius 3 is 2.47 bits per heavy atom. The minimum absolute atomic E-state index is 0.429. The molecule has 0 N–H and O–H groups in total. The fourth-order valence-corrected chi connectivity index (χ4v) is 3.21. The zero-order valence-electron chi connectivity index (χ0n) is 12.3. The molecule has 0 spiro atoms. The van der Waals surface area contributed by atoms with E-state index >= 15 is 0 Å². The third-order valence-electron chi connectivity index (χ3n) is 3.67. The van der Waals surface area contributed by atoms with Gasteiger partial charge in [-0.05, 0) is 49.8 Å². The summed E-state index contributed by atoms with van der Waals surface area (Å²) < 4.78 is 6.01. The van der Waals surface area contributed by atoms with Crippen molar-refractivity contribution in [3.63, 3.8) is 0 Å². The molecule has 1 rings (SSSR count). The topological polar surface area (TPSA) is 9.23 Å². The summed E-state index contributed by atoms with van der Waals surface area (Å²) in [5, 5.41) is 0. The summed E-state index contributed by atoms with van der Waals surface area (Å²) >= 11 is 0. The molecule has 0 aliphatic heterocycles. The number of allylic oxidation sites excluding steroid dienone is 2. The molecule has 0 amide bonds. The van der Waals surface area contributed by atoms with Crippen molar-refractivity contribution in [2.45, 2.75) is 72.4 Å². The maximum Gasteiger partial charge on any atom is 0.273 e. The summed E-state index contributed by atoms with van der Waals surface area (Å²) in [6, 6.07) is 0. The molecular formula is C15H29OSi. The third kappa shape index (κ3) is 5.76. The largest absolute Gasteiger partial charge is 0.546 e. The Balaban J connectivity index is 2.67. The molecule has 1 nitrogen and oxygen atoms in total. The Bertz CT molecular complexity index is 250. The molecule has 0 saturated heterocycles. The van der Waals surface area contributed by atoms with Gasteiger partial charge in [0.25, 0.3) is 9.04 Å². The Morgan fingerprint density at radius 2 is 1.88 bits per heavy atom. The number of rotatable bonds is 2.